The van der Waals surface area contributed by atoms with E-state index in [1.54, 1.807) is 0 Å². The van der Waals surface area contributed by atoms with Gasteiger partial charge in [-0.15, -0.1) is 0 Å². The molecule has 91 heavy (non-hydrogen) atoms. The first-order valence-corrected chi connectivity index (χ1v) is 40.6. The van der Waals surface area contributed by atoms with E-state index >= 15 is 0 Å². The molecule has 5 atom stereocenters. The van der Waals surface area contributed by atoms with Gasteiger partial charge in [-0.3, -0.25) is 37.3 Å². The van der Waals surface area contributed by atoms with Crippen molar-refractivity contribution >= 4 is 39.5 Å². The highest BCUT2D eigenvalue weighted by Crippen LogP contribution is 2.45. The minimum atomic E-state index is -4.95. The molecule has 540 valence electrons. The number of unbranched alkanes of at least 4 members (excludes halogenated alkanes) is 44. The quantitative estimate of drug-likeness (QED) is 0.0222. The monoisotopic (exact) mass is 1340 g/mol. The Morgan fingerprint density at radius 1 is 0.297 bits per heavy atom. The molecule has 0 saturated carbocycles. The molecule has 3 N–H and O–H groups in total. The number of rotatable bonds is 72. The number of aliphatic hydroxyl groups is 1. The number of phosphoric ester groups is 2. The van der Waals surface area contributed by atoms with Gasteiger partial charge in [0.15, 0.2) is 12.2 Å². The summed E-state index contributed by atoms with van der Waals surface area (Å²) >= 11 is 0. The maximum absolute atomic E-state index is 13.0. The van der Waals surface area contributed by atoms with Gasteiger partial charge >= 0.3 is 39.5 Å². The van der Waals surface area contributed by atoms with E-state index in [2.05, 4.69) is 34.6 Å². The maximum atomic E-state index is 13.0. The van der Waals surface area contributed by atoms with Crippen LogP contribution in [0.3, 0.4) is 0 Å². The normalized spacial score (nSPS) is 14.0. The van der Waals surface area contributed by atoms with E-state index < -0.39 is 97.5 Å². The van der Waals surface area contributed by atoms with E-state index in [1.807, 2.05) is 0 Å². The molecule has 0 heterocycles. The van der Waals surface area contributed by atoms with Crippen molar-refractivity contribution in [3.63, 3.8) is 0 Å². The third kappa shape index (κ3) is 66.5. The molecule has 0 rings (SSSR count). The smallest absolute Gasteiger partial charge is 0.462 e. The number of hydrogen-bond donors (Lipinski definition) is 3. The van der Waals surface area contributed by atoms with Crippen LogP contribution in [0.5, 0.6) is 0 Å². The van der Waals surface area contributed by atoms with Crippen LogP contribution in [-0.4, -0.2) is 96.7 Å². The Kier molecular flexibility index (Phi) is 64.0. The fraction of sp³-hybridized carbons (Fsp3) is 0.944. The Bertz CT molecular complexity index is 1750. The molecule has 17 nitrogen and oxygen atoms in total. The summed E-state index contributed by atoms with van der Waals surface area (Å²) < 4.78 is 68.2. The molecule has 2 unspecified atom stereocenters. The van der Waals surface area contributed by atoms with E-state index in [-0.39, 0.29) is 25.7 Å². The largest absolute Gasteiger partial charge is 0.472 e. The average molecular weight is 1340 g/mol. The summed E-state index contributed by atoms with van der Waals surface area (Å²) in [6, 6.07) is 0. The molecule has 0 aliphatic carbocycles. The predicted molar refractivity (Wildman–Crippen MR) is 368 cm³/mol. The number of carbonyl (C=O) groups excluding carboxylic acids is 4. The van der Waals surface area contributed by atoms with Crippen molar-refractivity contribution in [1.29, 1.82) is 0 Å². The molecule has 0 radical (unpaired) electrons. The summed E-state index contributed by atoms with van der Waals surface area (Å²) in [5.41, 5.74) is 0. The molecule has 0 aromatic heterocycles. The van der Waals surface area contributed by atoms with Gasteiger partial charge in [0, 0.05) is 25.7 Å². The first-order valence-electron chi connectivity index (χ1n) is 37.6. The van der Waals surface area contributed by atoms with Gasteiger partial charge in [-0.25, -0.2) is 9.13 Å². The second-order valence-corrected chi connectivity index (χ2v) is 29.4. The molecular weight excluding hydrogens is 1200 g/mol. The topological polar surface area (TPSA) is 237 Å². The fourth-order valence-electron chi connectivity index (χ4n) is 11.0. The molecule has 0 bridgehead atoms. The van der Waals surface area contributed by atoms with E-state index in [9.17, 15) is 43.2 Å². The van der Waals surface area contributed by atoms with Crippen molar-refractivity contribution in [3.05, 3.63) is 0 Å². The van der Waals surface area contributed by atoms with Crippen LogP contribution >= 0.6 is 15.6 Å². The number of carbonyl (C=O) groups is 4. The van der Waals surface area contributed by atoms with Gasteiger partial charge in [-0.1, -0.05) is 324 Å². The Hall–Kier alpha value is -1.94. The third-order valence-corrected chi connectivity index (χ3v) is 18.7. The molecular formula is C72H140O17P2. The van der Waals surface area contributed by atoms with Crippen LogP contribution in [0.25, 0.3) is 0 Å². The van der Waals surface area contributed by atoms with Crippen LogP contribution in [0.15, 0.2) is 0 Å². The van der Waals surface area contributed by atoms with E-state index in [0.717, 1.165) is 102 Å². The lowest BCUT2D eigenvalue weighted by molar-refractivity contribution is -0.161. The predicted octanol–water partition coefficient (Wildman–Crippen LogP) is 20.9. The Morgan fingerprint density at radius 2 is 0.505 bits per heavy atom. The van der Waals surface area contributed by atoms with Crippen LogP contribution < -0.4 is 0 Å². The van der Waals surface area contributed by atoms with Crippen LogP contribution in [0.4, 0.5) is 0 Å². The van der Waals surface area contributed by atoms with Crippen LogP contribution in [-0.2, 0) is 65.4 Å². The second-order valence-electron chi connectivity index (χ2n) is 26.5. The average Bonchev–Trinajstić information content (AvgIpc) is 3.71. The summed E-state index contributed by atoms with van der Waals surface area (Å²) in [6.45, 7) is 7.26. The van der Waals surface area contributed by atoms with Crippen LogP contribution in [0.1, 0.15) is 375 Å². The Labute approximate surface area is 556 Å². The van der Waals surface area contributed by atoms with Crippen molar-refractivity contribution in [1.82, 2.24) is 0 Å². The number of hydrogen-bond acceptors (Lipinski definition) is 15. The van der Waals surface area contributed by atoms with Crippen molar-refractivity contribution in [3.8, 4) is 0 Å². The van der Waals surface area contributed by atoms with E-state index in [0.29, 0.717) is 25.7 Å². The summed E-state index contributed by atoms with van der Waals surface area (Å²) in [7, 11) is -9.89. The molecule has 0 aliphatic heterocycles. The van der Waals surface area contributed by atoms with Gasteiger partial charge in [-0.05, 0) is 31.6 Å². The highest BCUT2D eigenvalue weighted by Gasteiger charge is 2.30. The van der Waals surface area contributed by atoms with Crippen molar-refractivity contribution < 1.29 is 80.2 Å². The lowest BCUT2D eigenvalue weighted by Crippen LogP contribution is -2.30. The van der Waals surface area contributed by atoms with Crippen LogP contribution in [0.2, 0.25) is 0 Å². The van der Waals surface area contributed by atoms with Crippen molar-refractivity contribution in [2.75, 3.05) is 39.6 Å². The maximum Gasteiger partial charge on any atom is 0.472 e. The van der Waals surface area contributed by atoms with Crippen LogP contribution in [0, 0.1) is 5.92 Å². The molecule has 0 amide bonds. The van der Waals surface area contributed by atoms with Gasteiger partial charge < -0.3 is 33.8 Å². The van der Waals surface area contributed by atoms with Gasteiger partial charge in [0.05, 0.1) is 26.4 Å². The first-order chi connectivity index (χ1) is 44.0. The highest BCUT2D eigenvalue weighted by atomic mass is 31.2. The van der Waals surface area contributed by atoms with Gasteiger partial charge in [0.25, 0.3) is 0 Å². The highest BCUT2D eigenvalue weighted by molar-refractivity contribution is 7.47. The van der Waals surface area contributed by atoms with E-state index in [1.165, 1.54) is 193 Å². The zero-order valence-electron chi connectivity index (χ0n) is 59.0. The van der Waals surface area contributed by atoms with Crippen molar-refractivity contribution in [2.24, 2.45) is 5.92 Å². The minimum Gasteiger partial charge on any atom is -0.462 e. The lowest BCUT2D eigenvalue weighted by Gasteiger charge is -2.21. The molecule has 0 spiro atoms. The Morgan fingerprint density at radius 3 is 0.747 bits per heavy atom. The zero-order chi connectivity index (χ0) is 67.0. The number of ether oxygens (including phenoxy) is 4. The summed E-state index contributed by atoms with van der Waals surface area (Å²) in [5.74, 6) is -1.30. The van der Waals surface area contributed by atoms with E-state index in [4.69, 9.17) is 37.0 Å². The molecule has 0 saturated heterocycles. The molecule has 0 aromatic rings. The lowest BCUT2D eigenvalue weighted by atomic mass is 10.0. The minimum absolute atomic E-state index is 0.107. The number of aliphatic hydroxyl groups excluding tert-OH is 1. The Balaban J connectivity index is 5.14. The second kappa shape index (κ2) is 65.4. The van der Waals surface area contributed by atoms with Gasteiger partial charge in [0.1, 0.15) is 19.3 Å². The van der Waals surface area contributed by atoms with Gasteiger partial charge in [-0.2, -0.15) is 0 Å². The molecule has 0 aliphatic rings. The first kappa shape index (κ1) is 89.1. The third-order valence-electron chi connectivity index (χ3n) is 16.8. The standard InChI is InChI=1S/C72H140O17P2/c1-6-9-12-15-18-21-31-36-41-46-51-56-70(75)83-62-68(89-72(77)58-53-48-43-38-34-30-28-26-24-23-25-27-29-33-35-39-44-49-54-65(4)5)64-87-91(80,81)85-60-66(73)59-84-90(78,79)86-63-67(61-82-69(74)55-50-45-40-20-17-14-11-8-3)88-71(76)57-52-47-42-37-32-22-19-16-13-10-7-2/h65-68,73H,6-64H2,1-5H3,(H,78,79)(H,80,81)/t66-,67+,68+/m0/s1. The number of esters is 4. The summed E-state index contributed by atoms with van der Waals surface area (Å²) in [6.07, 6.45) is 52.8. The summed E-state index contributed by atoms with van der Waals surface area (Å²) in [5, 5.41) is 10.6. The SMILES string of the molecule is CCCCCCCCCCCCCC(=O)OC[C@H](COP(=O)(O)OC[C@@H](O)COP(=O)(O)OC[C@@H](COC(=O)CCCCCCCCCC)OC(=O)CCCCCCCCCCCCC)OC(=O)CCCCCCCCCCCCCCCCCCCCC(C)C. The van der Waals surface area contributed by atoms with Crippen molar-refractivity contribution in [2.45, 2.75) is 393 Å². The fourth-order valence-corrected chi connectivity index (χ4v) is 12.6. The molecule has 19 heteroatoms. The summed E-state index contributed by atoms with van der Waals surface area (Å²) in [4.78, 5) is 72.5. The molecule has 0 fully saturated rings. The zero-order valence-corrected chi connectivity index (χ0v) is 60.8. The number of phosphoric acid groups is 2. The molecule has 0 aromatic carbocycles. The van der Waals surface area contributed by atoms with Gasteiger partial charge in [0.2, 0.25) is 0 Å².